The highest BCUT2D eigenvalue weighted by Gasteiger charge is 2.60. The van der Waals surface area contributed by atoms with Gasteiger partial charge in [-0.15, -0.1) is 0 Å². The van der Waals surface area contributed by atoms with Gasteiger partial charge in [0, 0.05) is 25.2 Å². The zero-order valence-corrected chi connectivity index (χ0v) is 13.3. The van der Waals surface area contributed by atoms with Gasteiger partial charge in [0.15, 0.2) is 0 Å². The van der Waals surface area contributed by atoms with E-state index in [1.807, 2.05) is 25.7 Å². The molecule has 1 amide bonds. The van der Waals surface area contributed by atoms with E-state index in [9.17, 15) is 31.1 Å². The molecule has 1 unspecified atom stereocenters. The third-order valence-electron chi connectivity index (χ3n) is 3.56. The van der Waals surface area contributed by atoms with Crippen molar-refractivity contribution in [1.82, 2.24) is 9.80 Å². The summed E-state index contributed by atoms with van der Waals surface area (Å²) in [6.07, 6.45) is -17.1. The molecule has 1 fully saturated rings. The first kappa shape index (κ1) is 19.9. The van der Waals surface area contributed by atoms with E-state index in [4.69, 9.17) is 0 Å². The zero-order chi connectivity index (χ0) is 18.2. The minimum atomic E-state index is -5.70. The van der Waals surface area contributed by atoms with Crippen LogP contribution in [0.3, 0.4) is 0 Å². The number of hydrogen-bond donors (Lipinski definition) is 0. The van der Waals surface area contributed by atoms with Gasteiger partial charge in [0.2, 0.25) is 0 Å². The van der Waals surface area contributed by atoms with E-state index in [-0.39, 0.29) is 24.6 Å². The molecule has 23 heavy (non-hydrogen) atoms. The fraction of sp³-hybridized carbons (Fsp3) is 0.917. The van der Waals surface area contributed by atoms with Crippen molar-refractivity contribution in [2.75, 3.05) is 19.6 Å². The molecule has 0 spiro atoms. The lowest BCUT2D eigenvalue weighted by molar-refractivity contribution is -0.308. The van der Waals surface area contributed by atoms with Crippen molar-refractivity contribution >= 4 is 13.9 Å². The van der Waals surface area contributed by atoms with E-state index in [1.165, 1.54) is 0 Å². The Balaban J connectivity index is 2.76. The van der Waals surface area contributed by atoms with Gasteiger partial charge >= 0.3 is 18.4 Å². The lowest BCUT2D eigenvalue weighted by Gasteiger charge is -2.46. The van der Waals surface area contributed by atoms with E-state index >= 15 is 0 Å². The Hall–Kier alpha value is -1.13. The molecule has 0 aromatic carbocycles. The van der Waals surface area contributed by atoms with Crippen LogP contribution >= 0.6 is 0 Å². The Morgan fingerprint density at radius 2 is 1.57 bits per heavy atom. The molecule has 1 heterocycles. The van der Waals surface area contributed by atoms with Gasteiger partial charge in [-0.3, -0.25) is 0 Å². The maximum absolute atomic E-state index is 12.4. The third kappa shape index (κ3) is 5.18. The first-order chi connectivity index (χ1) is 10.1. The summed E-state index contributed by atoms with van der Waals surface area (Å²) < 4.78 is 78.2. The number of nitrogens with zero attached hydrogens (tertiary/aromatic N) is 2. The number of rotatable bonds is 1. The van der Waals surface area contributed by atoms with Crippen LogP contribution in [0.2, 0.25) is 0 Å². The van der Waals surface area contributed by atoms with Crippen molar-refractivity contribution in [2.24, 2.45) is 0 Å². The maximum atomic E-state index is 12.4. The lowest BCUT2D eigenvalue weighted by Crippen LogP contribution is -2.61. The summed E-state index contributed by atoms with van der Waals surface area (Å²) in [6, 6.07) is 0. The van der Waals surface area contributed by atoms with Crippen LogP contribution in [0, 0.1) is 0 Å². The fourth-order valence-electron chi connectivity index (χ4n) is 2.61. The highest BCUT2D eigenvalue weighted by atomic mass is 19.4. The Labute approximate surface area is 131 Å². The number of alkyl halides is 6. The van der Waals surface area contributed by atoms with Crippen LogP contribution in [-0.4, -0.2) is 73.3 Å². The van der Waals surface area contributed by atoms with Crippen LogP contribution in [0.5, 0.6) is 0 Å². The largest absolute Gasteiger partial charge is 0.434 e. The van der Waals surface area contributed by atoms with Crippen molar-refractivity contribution < 1.29 is 35.9 Å². The summed E-state index contributed by atoms with van der Waals surface area (Å²) in [4.78, 5) is 14.6. The summed E-state index contributed by atoms with van der Waals surface area (Å²) in [5.74, 6) is -0.216. The van der Waals surface area contributed by atoms with Crippen LogP contribution in [0.4, 0.5) is 31.1 Å². The fourth-order valence-corrected chi connectivity index (χ4v) is 2.61. The molecule has 4 nitrogen and oxygen atoms in total. The van der Waals surface area contributed by atoms with E-state index < -0.39 is 24.5 Å². The molecule has 0 aliphatic carbocycles. The van der Waals surface area contributed by atoms with Gasteiger partial charge < -0.3 is 14.5 Å². The van der Waals surface area contributed by atoms with Gasteiger partial charge in [-0.2, -0.15) is 26.3 Å². The molecule has 1 rings (SSSR count). The van der Waals surface area contributed by atoms with Gasteiger partial charge in [0.25, 0.3) is 6.10 Å². The smallest absolute Gasteiger partial charge is 0.426 e. The van der Waals surface area contributed by atoms with Crippen molar-refractivity contribution in [3.63, 3.8) is 0 Å². The molecule has 134 valence electrons. The highest BCUT2D eigenvalue weighted by molar-refractivity contribution is 6.12. The Morgan fingerprint density at radius 1 is 1.09 bits per heavy atom. The standard InChI is InChI=1S/C12H19BF6N2O2/c1-10(2,3)21-5-4-20(6-7(21)13)9(22)23-8(11(14,15)16)12(17,18)19/h7-8H,4-6,13H2,1-3H3. The number of halogens is 6. The quantitative estimate of drug-likeness (QED) is 0.537. The second-order valence-corrected chi connectivity index (χ2v) is 6.51. The third-order valence-corrected chi connectivity index (χ3v) is 3.56. The zero-order valence-electron chi connectivity index (χ0n) is 13.3. The molecule has 0 aromatic heterocycles. The van der Waals surface area contributed by atoms with Crippen molar-refractivity contribution in [3.8, 4) is 0 Å². The molecule has 0 saturated carbocycles. The van der Waals surface area contributed by atoms with E-state index in [0.29, 0.717) is 6.54 Å². The van der Waals surface area contributed by atoms with Gasteiger partial charge in [0.1, 0.15) is 7.85 Å². The monoisotopic (exact) mass is 348 g/mol. The summed E-state index contributed by atoms with van der Waals surface area (Å²) in [5, 5.41) is 0. The van der Waals surface area contributed by atoms with Crippen molar-refractivity contribution in [1.29, 1.82) is 0 Å². The van der Waals surface area contributed by atoms with Gasteiger partial charge in [-0.05, 0) is 26.7 Å². The summed E-state index contributed by atoms with van der Waals surface area (Å²) in [5.41, 5.74) is -0.226. The van der Waals surface area contributed by atoms with Gasteiger partial charge in [-0.1, -0.05) is 0 Å². The Bertz CT molecular complexity index is 421. The van der Waals surface area contributed by atoms with Gasteiger partial charge in [-0.25, -0.2) is 4.79 Å². The predicted molar refractivity (Wildman–Crippen MR) is 72.7 cm³/mol. The first-order valence-corrected chi connectivity index (χ1v) is 6.99. The van der Waals surface area contributed by atoms with Gasteiger partial charge in [0.05, 0.1) is 0 Å². The second kappa shape index (κ2) is 6.41. The summed E-state index contributed by atoms with van der Waals surface area (Å²) in [7, 11) is 1.75. The topological polar surface area (TPSA) is 32.8 Å². The average Bonchev–Trinajstić information content (AvgIpc) is 2.30. The molecule has 1 atom stereocenters. The first-order valence-electron chi connectivity index (χ1n) is 6.99. The summed E-state index contributed by atoms with van der Waals surface area (Å²) in [6.45, 7) is 6.13. The van der Waals surface area contributed by atoms with Crippen LogP contribution in [0.1, 0.15) is 20.8 Å². The molecule has 0 bridgehead atoms. The minimum absolute atomic E-state index is 0.00145. The van der Waals surface area contributed by atoms with Crippen molar-refractivity contribution in [2.45, 2.75) is 50.7 Å². The second-order valence-electron chi connectivity index (χ2n) is 6.51. The van der Waals surface area contributed by atoms with Crippen LogP contribution in [0.15, 0.2) is 0 Å². The normalized spacial score (nSPS) is 21.7. The molecule has 1 saturated heterocycles. The molecule has 1 aliphatic heterocycles. The van der Waals surface area contributed by atoms with Crippen LogP contribution in [0.25, 0.3) is 0 Å². The number of carbonyl (C=O) groups is 1. The summed E-state index contributed by atoms with van der Waals surface area (Å²) >= 11 is 0. The molecule has 0 N–H and O–H groups in total. The average molecular weight is 348 g/mol. The number of hydrogen-bond acceptors (Lipinski definition) is 3. The molecular formula is C12H19BF6N2O2. The predicted octanol–water partition coefficient (Wildman–Crippen LogP) is 1.99. The number of piperazine rings is 1. The molecule has 1 aliphatic rings. The SMILES string of the molecule is BC1CN(C(=O)OC(C(F)(F)F)C(F)(F)F)CCN1C(C)(C)C. The van der Waals surface area contributed by atoms with E-state index in [1.54, 1.807) is 7.85 Å². The minimum Gasteiger partial charge on any atom is -0.426 e. The molecule has 0 radical (unpaired) electrons. The molecule has 0 aromatic rings. The number of amides is 1. The van der Waals surface area contributed by atoms with Crippen LogP contribution in [-0.2, 0) is 4.74 Å². The lowest BCUT2D eigenvalue weighted by atomic mass is 9.88. The number of carbonyl (C=O) groups excluding carboxylic acids is 1. The maximum Gasteiger partial charge on any atom is 0.434 e. The number of ether oxygens (including phenoxy) is 1. The van der Waals surface area contributed by atoms with Crippen LogP contribution < -0.4 is 0 Å². The van der Waals surface area contributed by atoms with E-state index in [2.05, 4.69) is 4.74 Å². The Morgan fingerprint density at radius 3 is 1.91 bits per heavy atom. The molecule has 11 heteroatoms. The van der Waals surface area contributed by atoms with E-state index in [0.717, 1.165) is 4.90 Å². The Kier molecular flexibility index (Phi) is 5.55. The van der Waals surface area contributed by atoms with Crippen molar-refractivity contribution in [3.05, 3.63) is 0 Å². The highest BCUT2D eigenvalue weighted by Crippen LogP contribution is 2.36. The molecular weight excluding hydrogens is 329 g/mol.